The number of rotatable bonds is 43. The van der Waals surface area contributed by atoms with Crippen molar-refractivity contribution in [2.75, 3.05) is 142 Å². The number of benzene rings is 3. The van der Waals surface area contributed by atoms with Gasteiger partial charge >= 0.3 is 21.1 Å². The van der Waals surface area contributed by atoms with Gasteiger partial charge in [-0.25, -0.2) is 33.5 Å². The Morgan fingerprint density at radius 1 is 0.724 bits per heavy atom. The fourth-order valence-corrected chi connectivity index (χ4v) is 16.0. The maximum absolute atomic E-state index is 16.8. The fraction of sp³-hybridized carbons (Fsp3) is 0.519. The third-order valence-corrected chi connectivity index (χ3v) is 22.8. The second-order valence-electron chi connectivity index (χ2n) is 29.9. The van der Waals surface area contributed by atoms with Gasteiger partial charge in [-0.05, 0) is 71.5 Å². The van der Waals surface area contributed by atoms with Crippen molar-refractivity contribution >= 4 is 126 Å². The molecular weight excluding hydrogens is 1730 g/mol. The first-order valence-corrected chi connectivity index (χ1v) is 44.7. The number of hydrogen-bond acceptors (Lipinski definition) is 30. The Morgan fingerprint density at radius 2 is 1.39 bits per heavy atom. The first-order valence-electron chi connectivity index (χ1n) is 41.1. The topological polar surface area (TPSA) is 496 Å². The molecule has 2 unspecified atom stereocenters. The zero-order chi connectivity index (χ0) is 90.5. The maximum Gasteiger partial charge on any atom is 0.697 e. The minimum absolute atomic E-state index is 0.00177. The van der Waals surface area contributed by atoms with Crippen molar-refractivity contribution in [1.29, 1.82) is 0 Å². The van der Waals surface area contributed by atoms with Crippen LogP contribution in [0.3, 0.4) is 0 Å². The number of aromatic amines is 1. The number of carbonyl (C=O) groups excluding carboxylic acids is 8. The molecule has 127 heavy (non-hydrogen) atoms. The Balaban J connectivity index is 0.599. The van der Waals surface area contributed by atoms with E-state index in [9.17, 15) is 57.7 Å². The Hall–Kier alpha value is -10.1. The lowest BCUT2D eigenvalue weighted by atomic mass is 10.0. The number of imidazole rings is 1. The third kappa shape index (κ3) is 28.0. The average Bonchev–Trinajstić information content (AvgIpc) is 1.59. The van der Waals surface area contributed by atoms with E-state index < -0.39 is 166 Å². The number of methoxy groups -OCH3 is 1. The lowest BCUT2D eigenvalue weighted by molar-refractivity contribution is -0.134. The van der Waals surface area contributed by atoms with Gasteiger partial charge in [-0.3, -0.25) is 47.4 Å². The number of halogens is 2. The zero-order valence-electron chi connectivity index (χ0n) is 70.3. The first-order chi connectivity index (χ1) is 61.2. The van der Waals surface area contributed by atoms with E-state index in [-0.39, 0.29) is 107 Å². The van der Waals surface area contributed by atoms with E-state index in [0.29, 0.717) is 83.0 Å². The van der Waals surface area contributed by atoms with Crippen molar-refractivity contribution in [3.05, 3.63) is 136 Å². The third-order valence-electron chi connectivity index (χ3n) is 20.4. The number of fused-ring (bicyclic) bond motifs is 7. The summed E-state index contributed by atoms with van der Waals surface area (Å²) in [6.07, 6.45) is -6.87. The monoisotopic (exact) mass is 1830 g/mol. The van der Waals surface area contributed by atoms with E-state index in [2.05, 4.69) is 56.8 Å². The lowest BCUT2D eigenvalue weighted by Crippen LogP contribution is -2.55. The summed E-state index contributed by atoms with van der Waals surface area (Å²) in [5.74, 6) is -6.08. The molecule has 3 aromatic carbocycles. The van der Waals surface area contributed by atoms with E-state index in [1.807, 2.05) is 60.7 Å². The molecule has 4 aliphatic rings. The highest BCUT2D eigenvalue weighted by Crippen LogP contribution is 2.51. The molecule has 0 radical (unpaired) electrons. The second-order valence-corrected chi connectivity index (χ2v) is 33.6. The maximum atomic E-state index is 16.8. The van der Waals surface area contributed by atoms with Gasteiger partial charge in [0.2, 0.25) is 41.4 Å². The minimum atomic E-state index is -4.33. The van der Waals surface area contributed by atoms with Gasteiger partial charge in [-0.1, -0.05) is 80.6 Å². The fourth-order valence-electron chi connectivity index (χ4n) is 13.8. The van der Waals surface area contributed by atoms with Crippen LogP contribution in [-0.2, 0) is 129 Å². The van der Waals surface area contributed by atoms with Crippen LogP contribution in [0.2, 0.25) is 0 Å². The van der Waals surface area contributed by atoms with Crippen molar-refractivity contribution in [2.24, 2.45) is 5.92 Å². The van der Waals surface area contributed by atoms with E-state index in [4.69, 9.17) is 77.3 Å². The van der Waals surface area contributed by atoms with E-state index >= 15 is 8.78 Å². The smallest absolute Gasteiger partial charge is 0.445 e. The average molecular weight is 1840 g/mol. The summed E-state index contributed by atoms with van der Waals surface area (Å²) in [7, 11) is -0.114. The van der Waals surface area contributed by atoms with Crippen molar-refractivity contribution in [3.63, 3.8) is 0 Å². The molecule has 8 amide bonds. The molecule has 11 rings (SSSR count). The highest BCUT2D eigenvalue weighted by atomic mass is 32.5. The molecule has 9 N–H and O–H groups in total. The van der Waals surface area contributed by atoms with Crippen LogP contribution in [0.1, 0.15) is 94.0 Å². The van der Waals surface area contributed by atoms with E-state index in [0.717, 1.165) is 40.1 Å². The van der Waals surface area contributed by atoms with Crippen LogP contribution in [0, 0.1) is 11.7 Å². The Morgan fingerprint density at radius 3 is 2.09 bits per heavy atom. The molecule has 4 aliphatic heterocycles. The zero-order valence-corrected chi connectivity index (χ0v) is 72.9. The molecule has 3 fully saturated rings. The van der Waals surface area contributed by atoms with E-state index in [1.165, 1.54) is 29.8 Å². The highest BCUT2D eigenvalue weighted by molar-refractivity contribution is 8.07. The molecule has 41 nitrogen and oxygen atoms in total. The molecule has 13 atom stereocenters. The molecule has 4 aromatic heterocycles. The normalized spacial score (nSPS) is 21.2. The molecule has 0 aliphatic carbocycles. The van der Waals surface area contributed by atoms with Gasteiger partial charge in [0.1, 0.15) is 61.4 Å². The summed E-state index contributed by atoms with van der Waals surface area (Å²) in [5.41, 5.74) is 3.12. The van der Waals surface area contributed by atoms with Crippen molar-refractivity contribution < 1.29 is 127 Å². The number of nitrogens with zero attached hydrogens (tertiary/aromatic N) is 8. The van der Waals surface area contributed by atoms with Gasteiger partial charge in [0.25, 0.3) is 5.56 Å². The van der Waals surface area contributed by atoms with Gasteiger partial charge in [-0.15, -0.1) is 9.05 Å². The van der Waals surface area contributed by atoms with Gasteiger partial charge < -0.3 is 113 Å². The van der Waals surface area contributed by atoms with E-state index in [1.54, 1.807) is 50.1 Å². The molecule has 8 heterocycles. The number of amides is 8. The number of aliphatic hydroxyl groups is 1. The minimum Gasteiger partial charge on any atom is -0.445 e. The predicted octanol–water partition coefficient (Wildman–Crippen LogP) is 5.08. The molecule has 3 saturated heterocycles. The molecule has 0 saturated carbocycles. The number of hydrogen-bond donors (Lipinski definition) is 9. The summed E-state index contributed by atoms with van der Waals surface area (Å²) >= 11 is 5.29. The number of para-hydroxylation sites is 1. The number of carbonyl (C=O) groups is 8. The number of H-pyrrole nitrogens is 1. The predicted molar refractivity (Wildman–Crippen MR) is 453 cm³/mol. The van der Waals surface area contributed by atoms with Crippen molar-refractivity contribution in [1.82, 2.24) is 60.2 Å². The van der Waals surface area contributed by atoms with Gasteiger partial charge in [-0.2, -0.15) is 0 Å². The molecule has 688 valence electrons. The number of aromatic nitrogens is 7. The van der Waals surface area contributed by atoms with Crippen LogP contribution >= 0.6 is 15.0 Å². The lowest BCUT2D eigenvalue weighted by Gasteiger charge is -2.27. The van der Waals surface area contributed by atoms with Crippen LogP contribution in [0.15, 0.2) is 103 Å². The Labute approximate surface area is 733 Å². The Kier molecular flexibility index (Phi) is 37.2. The highest BCUT2D eigenvalue weighted by Gasteiger charge is 2.55. The van der Waals surface area contributed by atoms with Crippen LogP contribution in [0.4, 0.5) is 30.8 Å². The van der Waals surface area contributed by atoms with Crippen molar-refractivity contribution in [3.8, 4) is 0 Å². The number of anilines is 3. The Bertz CT molecular complexity index is 5060. The quantitative estimate of drug-likeness (QED) is 0.0178. The number of nitrogens with one attached hydrogen (secondary N) is 7. The number of aliphatic hydroxyl groups excluding tert-OH is 1. The first kappa shape index (κ1) is 97.6. The summed E-state index contributed by atoms with van der Waals surface area (Å²) in [5, 5.41) is 26.9. The van der Waals surface area contributed by atoms with Gasteiger partial charge in [0, 0.05) is 69.4 Å². The largest absolute Gasteiger partial charge is 0.697 e. The standard InChI is InChI=1S/C81H103F2N15O26P2S/c1-49(2)67(93-63(101)41-57(76(105)84-25-28-112-31-32-114-35-36-116-39-40-117-38-37-115-34-33-113-30-29-111-5)92-62(100)22-23-64(102)96-42-54-13-7-6-11-52(54)18-19-53-12-8-9-14-58(53)96)78(107)90-50(3)75(104)91-55-20-16-51(17-21-55)44-118-81(108)95(4)26-10-15-61(99)94-72-68-74(87-46-85-72)98(48-89-68)79-66(83)70-59(121-79)24-27-120-126(110,127)124-71-69(103)60(45-119-125(109)123-70)122-80(71)97-43-56(82)65-73(97)86-47-88-77(65)106/h6-9,11-14,16-21,43,46-50,57,59-60,66-67,69-71,79-80,103H,10,15,22-42,44-45H2,1-5H3,(H7-,84,85,86,87,88,90,91,92,93,94,99,100,101,104,105,106,107,110,127)/p+1/b19-18-/t50-,57-,59+,60+,66+,67-,69+,70+,71+,79+,80+,126?/m0/s1. The number of alkyl halides is 1. The van der Waals surface area contributed by atoms with Crippen molar-refractivity contribution in [2.45, 2.75) is 140 Å². The van der Waals surface area contributed by atoms with Gasteiger partial charge in [0.15, 0.2) is 53.2 Å². The van der Waals surface area contributed by atoms with Crippen LogP contribution < -0.4 is 42.4 Å². The SMILES string of the molecule is COCCOCCOCCOCCOCCOCCOCCNC(=O)[C@H](CC(=O)N[C@H](C(=O)N[C@@H](C)C(=O)Nc1ccc(COC(=O)N(C)CCCC(=O)Nc2ncnc3c2ncn3[C@@H]2O[C@@H]3CCOP(O)(=S)O[C@@H]4[C@H](O)[C@@H](CO[P+](=O)O[C@H]3[C@H]2F)O[C@H]4n2cc(F)c3c(=O)[nH]cnc32)cc1)C(C)C)NC(=O)CCC(=O)N1Cc2ccccc2/C=C\c2ccccc21. The number of ether oxygens (including phenoxy) is 10. The molecule has 46 heteroatoms. The molecule has 2 bridgehead atoms. The van der Waals surface area contributed by atoms with Gasteiger partial charge in [0.05, 0.1) is 130 Å². The molecular formula is C81H104F2N15O26P2S+. The summed E-state index contributed by atoms with van der Waals surface area (Å²) in [6, 6.07) is 17.5. The molecule has 7 aromatic rings. The van der Waals surface area contributed by atoms with Crippen LogP contribution in [0.5, 0.6) is 0 Å². The summed E-state index contributed by atoms with van der Waals surface area (Å²) < 4.78 is 125. The summed E-state index contributed by atoms with van der Waals surface area (Å²) in [4.78, 5) is 155. The summed E-state index contributed by atoms with van der Waals surface area (Å²) in [6.45, 7) is 3.99. The van der Waals surface area contributed by atoms with Crippen LogP contribution in [0.25, 0.3) is 34.3 Å². The second kappa shape index (κ2) is 48.4. The van der Waals surface area contributed by atoms with Crippen LogP contribution in [-0.4, -0.2) is 278 Å². The molecule has 0 spiro atoms.